The highest BCUT2D eigenvalue weighted by atomic mass is 35.5. The Labute approximate surface area is 135 Å². The van der Waals surface area contributed by atoms with Gasteiger partial charge in [0, 0.05) is 12.2 Å². The van der Waals surface area contributed by atoms with E-state index in [9.17, 15) is 0 Å². The van der Waals surface area contributed by atoms with Crippen molar-refractivity contribution in [1.82, 2.24) is 4.90 Å². The van der Waals surface area contributed by atoms with Crippen LogP contribution in [0, 0.1) is 11.3 Å². The Hall–Kier alpha value is -1.96. The largest absolute Gasteiger partial charge is 0.468 e. The predicted molar refractivity (Wildman–Crippen MR) is 86.9 cm³/mol. The normalized spacial score (nSPS) is 16.4. The second kappa shape index (κ2) is 6.87. The molecule has 1 fully saturated rings. The molecule has 4 nitrogen and oxygen atoms in total. The van der Waals surface area contributed by atoms with Gasteiger partial charge < -0.3 is 9.73 Å². The van der Waals surface area contributed by atoms with Gasteiger partial charge in [0.2, 0.25) is 0 Å². The lowest BCUT2D eigenvalue weighted by Gasteiger charge is -2.26. The highest BCUT2D eigenvalue weighted by Crippen LogP contribution is 2.27. The molecule has 0 bridgehead atoms. The van der Waals surface area contributed by atoms with Crippen molar-refractivity contribution in [2.24, 2.45) is 0 Å². The van der Waals surface area contributed by atoms with Crippen LogP contribution < -0.4 is 5.32 Å². The zero-order valence-electron chi connectivity index (χ0n) is 12.3. The van der Waals surface area contributed by atoms with Crippen molar-refractivity contribution in [2.45, 2.75) is 18.9 Å². The van der Waals surface area contributed by atoms with Crippen LogP contribution in [0.25, 0.3) is 0 Å². The maximum Gasteiger partial charge on any atom is 0.122 e. The molecule has 0 amide bonds. The van der Waals surface area contributed by atoms with Gasteiger partial charge in [-0.05, 0) is 56.3 Å². The summed E-state index contributed by atoms with van der Waals surface area (Å²) in [4.78, 5) is 2.44. The SMILES string of the molecule is N#Cc1ccc(NCC(c2ccco2)N2CCCC2)cc1Cl. The molecular weight excluding hydrogens is 298 g/mol. The van der Waals surface area contributed by atoms with E-state index in [0.29, 0.717) is 10.6 Å². The van der Waals surface area contributed by atoms with Crippen LogP contribution in [0.3, 0.4) is 0 Å². The molecule has 1 aromatic heterocycles. The van der Waals surface area contributed by atoms with E-state index in [1.54, 1.807) is 18.4 Å². The molecule has 1 unspecified atom stereocenters. The second-order valence-corrected chi connectivity index (χ2v) is 5.87. The molecule has 5 heteroatoms. The van der Waals surface area contributed by atoms with Crippen molar-refractivity contribution >= 4 is 17.3 Å². The first-order valence-corrected chi connectivity index (χ1v) is 7.86. The third kappa shape index (κ3) is 3.27. The van der Waals surface area contributed by atoms with Crippen LogP contribution in [0.15, 0.2) is 41.0 Å². The Morgan fingerprint density at radius 1 is 1.32 bits per heavy atom. The molecule has 0 aliphatic carbocycles. The third-order valence-corrected chi connectivity index (χ3v) is 4.35. The summed E-state index contributed by atoms with van der Waals surface area (Å²) in [5, 5.41) is 12.8. The van der Waals surface area contributed by atoms with Crippen LogP contribution in [0.5, 0.6) is 0 Å². The Balaban J connectivity index is 1.71. The molecule has 22 heavy (non-hydrogen) atoms. The Morgan fingerprint density at radius 3 is 2.77 bits per heavy atom. The standard InChI is InChI=1S/C17H18ClN3O/c18-15-10-14(6-5-13(15)11-19)20-12-16(17-4-3-9-22-17)21-7-1-2-8-21/h3-6,9-10,16,20H,1-2,7-8,12H2. The van der Waals surface area contributed by atoms with E-state index >= 15 is 0 Å². The van der Waals surface area contributed by atoms with Crippen LogP contribution in [-0.4, -0.2) is 24.5 Å². The molecule has 1 atom stereocenters. The summed E-state index contributed by atoms with van der Waals surface area (Å²) in [5.74, 6) is 0.981. The first-order valence-electron chi connectivity index (χ1n) is 7.49. The molecule has 0 spiro atoms. The minimum atomic E-state index is 0.215. The highest BCUT2D eigenvalue weighted by molar-refractivity contribution is 6.32. The van der Waals surface area contributed by atoms with Crippen LogP contribution in [-0.2, 0) is 0 Å². The molecular formula is C17H18ClN3O. The Bertz CT molecular complexity index is 657. The van der Waals surface area contributed by atoms with E-state index in [2.05, 4.69) is 16.3 Å². The first-order chi connectivity index (χ1) is 10.8. The molecule has 1 saturated heterocycles. The van der Waals surface area contributed by atoms with Gasteiger partial charge in [0.15, 0.2) is 0 Å². The van der Waals surface area contributed by atoms with Crippen LogP contribution >= 0.6 is 11.6 Å². The smallest absolute Gasteiger partial charge is 0.122 e. The molecule has 1 aromatic carbocycles. The highest BCUT2D eigenvalue weighted by Gasteiger charge is 2.25. The fraction of sp³-hybridized carbons (Fsp3) is 0.353. The number of rotatable bonds is 5. The van der Waals surface area contributed by atoms with Crippen molar-refractivity contribution in [1.29, 1.82) is 5.26 Å². The first kappa shape index (κ1) is 15.0. The van der Waals surface area contributed by atoms with Gasteiger partial charge in [0.05, 0.1) is 22.9 Å². The van der Waals surface area contributed by atoms with Crippen molar-refractivity contribution in [3.05, 3.63) is 52.9 Å². The number of nitrogens with one attached hydrogen (secondary N) is 1. The van der Waals surface area contributed by atoms with E-state index in [1.807, 2.05) is 18.2 Å². The summed E-state index contributed by atoms with van der Waals surface area (Å²) in [6, 6.07) is 11.7. The quantitative estimate of drug-likeness (QED) is 0.904. The lowest BCUT2D eigenvalue weighted by molar-refractivity contribution is 0.225. The monoisotopic (exact) mass is 315 g/mol. The van der Waals surface area contributed by atoms with Crippen molar-refractivity contribution in [3.8, 4) is 6.07 Å². The molecule has 1 aliphatic heterocycles. The molecule has 1 aliphatic rings. The summed E-state index contributed by atoms with van der Waals surface area (Å²) >= 11 is 6.08. The maximum atomic E-state index is 8.92. The average molecular weight is 316 g/mol. The summed E-state index contributed by atoms with van der Waals surface area (Å²) in [7, 11) is 0. The number of halogens is 1. The lowest BCUT2D eigenvalue weighted by Crippen LogP contribution is -2.30. The van der Waals surface area contributed by atoms with E-state index in [-0.39, 0.29) is 6.04 Å². The van der Waals surface area contributed by atoms with Gasteiger partial charge in [0.25, 0.3) is 0 Å². The van der Waals surface area contributed by atoms with Crippen LogP contribution in [0.1, 0.15) is 30.2 Å². The Morgan fingerprint density at radius 2 is 2.14 bits per heavy atom. The number of anilines is 1. The van der Waals surface area contributed by atoms with Gasteiger partial charge in [-0.2, -0.15) is 5.26 Å². The van der Waals surface area contributed by atoms with Gasteiger partial charge >= 0.3 is 0 Å². The molecule has 114 valence electrons. The maximum absolute atomic E-state index is 8.92. The molecule has 0 saturated carbocycles. The Kier molecular flexibility index (Phi) is 4.67. The summed E-state index contributed by atoms with van der Waals surface area (Å²) in [5.41, 5.74) is 1.41. The third-order valence-electron chi connectivity index (χ3n) is 4.04. The number of furan rings is 1. The number of nitrogens with zero attached hydrogens (tertiary/aromatic N) is 2. The molecule has 0 radical (unpaired) electrons. The zero-order valence-corrected chi connectivity index (χ0v) is 13.0. The van der Waals surface area contributed by atoms with Gasteiger partial charge in [-0.15, -0.1) is 0 Å². The van der Waals surface area contributed by atoms with Gasteiger partial charge in [-0.1, -0.05) is 11.6 Å². The molecule has 2 aromatic rings. The summed E-state index contributed by atoms with van der Waals surface area (Å²) in [6.07, 6.45) is 4.19. The van der Waals surface area contributed by atoms with E-state index in [0.717, 1.165) is 31.1 Å². The number of likely N-dealkylation sites (tertiary alicyclic amines) is 1. The molecule has 2 heterocycles. The minimum absolute atomic E-state index is 0.215. The average Bonchev–Trinajstić information content (AvgIpc) is 3.21. The van der Waals surface area contributed by atoms with Crippen molar-refractivity contribution < 1.29 is 4.42 Å². The van der Waals surface area contributed by atoms with Crippen molar-refractivity contribution in [2.75, 3.05) is 25.0 Å². The van der Waals surface area contributed by atoms with Crippen molar-refractivity contribution in [3.63, 3.8) is 0 Å². The second-order valence-electron chi connectivity index (χ2n) is 5.46. The fourth-order valence-corrected chi connectivity index (χ4v) is 3.10. The van der Waals surface area contributed by atoms with E-state index in [4.69, 9.17) is 21.3 Å². The molecule has 1 N–H and O–H groups in total. The van der Waals surface area contributed by atoms with Gasteiger partial charge in [-0.25, -0.2) is 0 Å². The fourth-order valence-electron chi connectivity index (χ4n) is 2.87. The molecule has 3 rings (SSSR count). The van der Waals surface area contributed by atoms with Crippen LogP contribution in [0.2, 0.25) is 5.02 Å². The summed E-state index contributed by atoms with van der Waals surface area (Å²) in [6.45, 7) is 2.94. The lowest BCUT2D eigenvalue weighted by atomic mass is 10.1. The predicted octanol–water partition coefficient (Wildman–Crippen LogP) is 4.05. The van der Waals surface area contributed by atoms with Gasteiger partial charge in [-0.3, -0.25) is 4.90 Å². The number of benzene rings is 1. The van der Waals surface area contributed by atoms with E-state index in [1.165, 1.54) is 12.8 Å². The van der Waals surface area contributed by atoms with Crippen LogP contribution in [0.4, 0.5) is 5.69 Å². The zero-order chi connectivity index (χ0) is 15.4. The minimum Gasteiger partial charge on any atom is -0.468 e. The topological polar surface area (TPSA) is 52.2 Å². The number of nitriles is 1. The number of hydrogen-bond donors (Lipinski definition) is 1. The van der Waals surface area contributed by atoms with E-state index < -0.39 is 0 Å². The number of hydrogen-bond acceptors (Lipinski definition) is 4. The van der Waals surface area contributed by atoms with Gasteiger partial charge in [0.1, 0.15) is 11.8 Å². The summed E-state index contributed by atoms with van der Waals surface area (Å²) < 4.78 is 5.61.